The van der Waals surface area contributed by atoms with E-state index in [0.717, 1.165) is 5.69 Å². The van der Waals surface area contributed by atoms with Gasteiger partial charge in [0.2, 0.25) is 0 Å². The van der Waals surface area contributed by atoms with Crippen molar-refractivity contribution in [2.24, 2.45) is 5.73 Å². The Morgan fingerprint density at radius 1 is 1.29 bits per heavy atom. The smallest absolute Gasteiger partial charge is 0.263 e. The molecule has 0 spiro atoms. The highest BCUT2D eigenvalue weighted by molar-refractivity contribution is 7.92. The lowest BCUT2D eigenvalue weighted by Crippen LogP contribution is -2.13. The van der Waals surface area contributed by atoms with Gasteiger partial charge in [-0.05, 0) is 25.1 Å². The monoisotopic (exact) mass is 347 g/mol. The summed E-state index contributed by atoms with van der Waals surface area (Å²) in [4.78, 5) is 0.126. The number of nitrogens with two attached hydrogens (primary N) is 1. The Balaban J connectivity index is 2.41. The van der Waals surface area contributed by atoms with Gasteiger partial charge in [-0.2, -0.15) is 0 Å². The number of nitrogens with one attached hydrogen (secondary N) is 1. The molecule has 1 heterocycles. The lowest BCUT2D eigenvalue weighted by molar-refractivity contribution is 0.600. The van der Waals surface area contributed by atoms with Gasteiger partial charge in [0.05, 0.1) is 15.7 Å². The average molecular weight is 348 g/mol. The van der Waals surface area contributed by atoms with E-state index in [0.29, 0.717) is 6.54 Å². The third-order valence-electron chi connectivity index (χ3n) is 3.02. The Morgan fingerprint density at radius 3 is 2.38 bits per heavy atom. The molecule has 0 amide bonds. The van der Waals surface area contributed by atoms with Crippen LogP contribution in [-0.2, 0) is 23.1 Å². The molecule has 0 aliphatic heterocycles. The number of benzene rings is 1. The van der Waals surface area contributed by atoms with Gasteiger partial charge in [0.1, 0.15) is 4.90 Å². The minimum Gasteiger partial charge on any atom is -0.349 e. The topological polar surface area (TPSA) is 77.1 Å². The number of nitrogens with zero attached hydrogens (tertiary/aromatic N) is 1. The van der Waals surface area contributed by atoms with Crippen LogP contribution in [0.4, 0.5) is 5.69 Å². The van der Waals surface area contributed by atoms with Crippen molar-refractivity contribution in [3.8, 4) is 0 Å². The number of rotatable bonds is 5. The standard InChI is InChI=1S/C13H15Cl2N3O2S/c1-2-18-8-10(6-9(18)7-16)21(19,20)17-13-11(14)4-3-5-12(13)15/h3-6,8,17H,2,7,16H2,1H3. The zero-order valence-electron chi connectivity index (χ0n) is 11.3. The molecule has 8 heteroatoms. The van der Waals surface area contributed by atoms with E-state index in [1.165, 1.54) is 12.3 Å². The Morgan fingerprint density at radius 2 is 1.90 bits per heavy atom. The molecule has 0 fully saturated rings. The SMILES string of the molecule is CCn1cc(S(=O)(=O)Nc2c(Cl)cccc2Cl)cc1CN. The third-order valence-corrected chi connectivity index (χ3v) is 4.97. The maximum atomic E-state index is 12.4. The lowest BCUT2D eigenvalue weighted by Gasteiger charge is -2.09. The van der Waals surface area contributed by atoms with Crippen molar-refractivity contribution >= 4 is 38.9 Å². The minimum atomic E-state index is -3.78. The number of aromatic nitrogens is 1. The number of halogens is 2. The highest BCUT2D eigenvalue weighted by Crippen LogP contribution is 2.32. The van der Waals surface area contributed by atoms with Crippen LogP contribution >= 0.6 is 23.2 Å². The molecule has 114 valence electrons. The van der Waals surface area contributed by atoms with Gasteiger partial charge in [0.25, 0.3) is 10.0 Å². The number of hydrogen-bond acceptors (Lipinski definition) is 3. The predicted octanol–water partition coefficient (Wildman–Crippen LogP) is 3.07. The summed E-state index contributed by atoms with van der Waals surface area (Å²) in [6, 6.07) is 6.31. The van der Waals surface area contributed by atoms with Gasteiger partial charge >= 0.3 is 0 Å². The number of hydrogen-bond donors (Lipinski definition) is 2. The molecule has 0 bridgehead atoms. The van der Waals surface area contributed by atoms with Gasteiger partial charge in [-0.15, -0.1) is 0 Å². The molecule has 5 nitrogen and oxygen atoms in total. The van der Waals surface area contributed by atoms with Crippen LogP contribution in [0, 0.1) is 0 Å². The zero-order valence-corrected chi connectivity index (χ0v) is 13.6. The Bertz CT molecular complexity index is 715. The van der Waals surface area contributed by atoms with Crippen LogP contribution in [0.3, 0.4) is 0 Å². The van der Waals surface area contributed by atoms with Crippen LogP contribution < -0.4 is 10.5 Å². The summed E-state index contributed by atoms with van der Waals surface area (Å²) in [6.07, 6.45) is 1.54. The lowest BCUT2D eigenvalue weighted by atomic mass is 10.3. The molecule has 0 saturated heterocycles. The fourth-order valence-electron chi connectivity index (χ4n) is 1.93. The van der Waals surface area contributed by atoms with Crippen LogP contribution in [0.2, 0.25) is 10.0 Å². The molecule has 21 heavy (non-hydrogen) atoms. The molecule has 3 N–H and O–H groups in total. The van der Waals surface area contributed by atoms with Gasteiger partial charge < -0.3 is 10.3 Å². The van der Waals surface area contributed by atoms with Crippen molar-refractivity contribution in [2.75, 3.05) is 4.72 Å². The Kier molecular flexibility index (Phi) is 4.83. The first-order valence-electron chi connectivity index (χ1n) is 6.25. The van der Waals surface area contributed by atoms with Crippen LogP contribution in [0.25, 0.3) is 0 Å². The summed E-state index contributed by atoms with van der Waals surface area (Å²) in [6.45, 7) is 2.80. The zero-order chi connectivity index (χ0) is 15.6. The molecular weight excluding hydrogens is 333 g/mol. The quantitative estimate of drug-likeness (QED) is 0.872. The van der Waals surface area contributed by atoms with Crippen molar-refractivity contribution in [1.82, 2.24) is 4.57 Å². The van der Waals surface area contributed by atoms with E-state index in [9.17, 15) is 8.42 Å². The van der Waals surface area contributed by atoms with E-state index in [1.807, 2.05) is 6.92 Å². The molecule has 0 aliphatic carbocycles. The number of anilines is 1. The second-order valence-electron chi connectivity index (χ2n) is 4.36. The number of para-hydroxylation sites is 1. The van der Waals surface area contributed by atoms with Crippen molar-refractivity contribution in [3.05, 3.63) is 46.2 Å². The van der Waals surface area contributed by atoms with Gasteiger partial charge in [0, 0.05) is 25.0 Å². The molecule has 1 aromatic carbocycles. The normalized spacial score (nSPS) is 11.6. The number of sulfonamides is 1. The maximum Gasteiger partial charge on any atom is 0.263 e. The van der Waals surface area contributed by atoms with E-state index in [4.69, 9.17) is 28.9 Å². The van der Waals surface area contributed by atoms with Crippen LogP contribution in [0.5, 0.6) is 0 Å². The molecule has 2 aromatic rings. The third kappa shape index (κ3) is 3.35. The van der Waals surface area contributed by atoms with E-state index < -0.39 is 10.0 Å². The van der Waals surface area contributed by atoms with Crippen LogP contribution in [-0.4, -0.2) is 13.0 Å². The first-order chi connectivity index (χ1) is 9.89. The van der Waals surface area contributed by atoms with Crippen LogP contribution in [0.1, 0.15) is 12.6 Å². The molecular formula is C13H15Cl2N3O2S. The molecule has 0 unspecified atom stereocenters. The van der Waals surface area contributed by atoms with Gasteiger partial charge in [-0.1, -0.05) is 29.3 Å². The first-order valence-corrected chi connectivity index (χ1v) is 8.49. The predicted molar refractivity (Wildman–Crippen MR) is 85.3 cm³/mol. The highest BCUT2D eigenvalue weighted by atomic mass is 35.5. The fourth-order valence-corrected chi connectivity index (χ4v) is 3.69. The second kappa shape index (κ2) is 6.27. The first kappa shape index (κ1) is 16.2. The molecule has 0 radical (unpaired) electrons. The molecule has 2 rings (SSSR count). The van der Waals surface area contributed by atoms with Gasteiger partial charge in [-0.3, -0.25) is 4.72 Å². The van der Waals surface area contributed by atoms with Crippen molar-refractivity contribution in [3.63, 3.8) is 0 Å². The summed E-state index contributed by atoms with van der Waals surface area (Å²) in [5.74, 6) is 0. The largest absolute Gasteiger partial charge is 0.349 e. The molecule has 0 atom stereocenters. The summed E-state index contributed by atoms with van der Waals surface area (Å²) < 4.78 is 29.0. The summed E-state index contributed by atoms with van der Waals surface area (Å²) in [7, 11) is -3.78. The minimum absolute atomic E-state index is 0.126. The highest BCUT2D eigenvalue weighted by Gasteiger charge is 2.20. The Labute approximate surface area is 133 Å². The molecule has 0 saturated carbocycles. The van der Waals surface area contributed by atoms with Gasteiger partial charge in [0.15, 0.2) is 0 Å². The van der Waals surface area contributed by atoms with E-state index in [2.05, 4.69) is 4.72 Å². The Hall–Kier alpha value is -1.21. The van der Waals surface area contributed by atoms with Crippen LogP contribution in [0.15, 0.2) is 35.4 Å². The van der Waals surface area contributed by atoms with Crippen molar-refractivity contribution < 1.29 is 8.42 Å². The second-order valence-corrected chi connectivity index (χ2v) is 6.86. The van der Waals surface area contributed by atoms with Crippen molar-refractivity contribution in [2.45, 2.75) is 24.9 Å². The van der Waals surface area contributed by atoms with E-state index in [1.54, 1.807) is 22.8 Å². The van der Waals surface area contributed by atoms with Crippen molar-refractivity contribution in [1.29, 1.82) is 0 Å². The van der Waals surface area contributed by atoms with Gasteiger partial charge in [-0.25, -0.2) is 8.42 Å². The molecule has 1 aromatic heterocycles. The van der Waals surface area contributed by atoms with E-state index in [-0.39, 0.29) is 27.2 Å². The molecule has 0 aliphatic rings. The summed E-state index contributed by atoms with van der Waals surface area (Å²) in [5.41, 5.74) is 6.51. The average Bonchev–Trinajstić information content (AvgIpc) is 2.87. The maximum absolute atomic E-state index is 12.4. The summed E-state index contributed by atoms with van der Waals surface area (Å²) in [5, 5.41) is 0.472. The fraction of sp³-hybridized carbons (Fsp3) is 0.231. The number of aryl methyl sites for hydroxylation is 1. The van der Waals surface area contributed by atoms with E-state index >= 15 is 0 Å². The summed E-state index contributed by atoms with van der Waals surface area (Å²) >= 11 is 12.0.